The summed E-state index contributed by atoms with van der Waals surface area (Å²) in [6, 6.07) is 8.10. The molecule has 7 heteroatoms. The molecule has 3 rings (SSSR count). The molecule has 3 N–H and O–H groups in total. The summed E-state index contributed by atoms with van der Waals surface area (Å²) in [5, 5.41) is 5.02. The van der Waals surface area contributed by atoms with Crippen molar-refractivity contribution in [3.05, 3.63) is 41.1 Å². The fourth-order valence-electron chi connectivity index (χ4n) is 3.22. The number of aliphatic imine (C=N–C) groups is 1. The van der Waals surface area contributed by atoms with Gasteiger partial charge in [0.05, 0.1) is 16.2 Å². The van der Waals surface area contributed by atoms with Crippen LogP contribution < -0.4 is 16.0 Å². The Morgan fingerprint density at radius 3 is 2.89 bits per heavy atom. The van der Waals surface area contributed by atoms with Crippen LogP contribution in [0.15, 0.2) is 35.5 Å². The summed E-state index contributed by atoms with van der Waals surface area (Å²) in [5.41, 5.74) is 8.32. The van der Waals surface area contributed by atoms with E-state index in [4.69, 9.17) is 22.3 Å². The van der Waals surface area contributed by atoms with Gasteiger partial charge in [-0.1, -0.05) is 17.7 Å². The summed E-state index contributed by atoms with van der Waals surface area (Å²) in [7, 11) is 2.01. The number of piperazine rings is 1. The lowest BCUT2D eigenvalue weighted by Crippen LogP contribution is -2.44. The average Bonchev–Trinajstić information content (AvgIpc) is 2.70. The van der Waals surface area contributed by atoms with E-state index in [1.165, 1.54) is 0 Å². The lowest BCUT2D eigenvalue weighted by Gasteiger charge is -2.29. The lowest BCUT2D eigenvalue weighted by atomic mass is 10.1. The minimum Gasteiger partial charge on any atom is -0.379 e. The summed E-state index contributed by atoms with van der Waals surface area (Å²) < 4.78 is 0. The SMILES string of the molecule is C=N/C(=C\N(C)CCCN)c1ccc2nc(N3CCNCC3)c(Cl)cc2c1. The van der Waals surface area contributed by atoms with Crippen LogP contribution >= 0.6 is 11.6 Å². The van der Waals surface area contributed by atoms with Gasteiger partial charge in [-0.3, -0.25) is 4.99 Å². The number of rotatable bonds is 7. The van der Waals surface area contributed by atoms with Crippen LogP contribution in [0.4, 0.5) is 5.82 Å². The molecule has 0 radical (unpaired) electrons. The second-order valence-corrected chi connectivity index (χ2v) is 7.14. The van der Waals surface area contributed by atoms with Gasteiger partial charge in [-0.15, -0.1) is 0 Å². The third kappa shape index (κ3) is 4.77. The van der Waals surface area contributed by atoms with Crippen molar-refractivity contribution in [3.8, 4) is 0 Å². The number of hydrogen-bond donors (Lipinski definition) is 2. The van der Waals surface area contributed by atoms with Crippen LogP contribution in [0.25, 0.3) is 16.6 Å². The number of fused-ring (bicyclic) bond motifs is 1. The highest BCUT2D eigenvalue weighted by Gasteiger charge is 2.16. The number of pyridine rings is 1. The number of nitrogens with one attached hydrogen (secondary N) is 1. The first kappa shape index (κ1) is 19.6. The second kappa shape index (κ2) is 9.17. The van der Waals surface area contributed by atoms with Crippen molar-refractivity contribution in [3.63, 3.8) is 0 Å². The van der Waals surface area contributed by atoms with Crippen molar-refractivity contribution in [1.29, 1.82) is 0 Å². The number of nitrogens with two attached hydrogens (primary N) is 1. The standard InChI is InChI=1S/C20H27ClN6/c1-23-19(14-26(2)9-3-6-22)15-4-5-18-16(12-15)13-17(21)20(25-18)27-10-7-24-8-11-27/h4-5,12-14,24H,1,3,6-11,22H2,2H3/b19-14-. The van der Waals surface area contributed by atoms with Gasteiger partial charge in [-0.25, -0.2) is 4.98 Å². The Morgan fingerprint density at radius 1 is 1.41 bits per heavy atom. The smallest absolute Gasteiger partial charge is 0.148 e. The third-order valence-corrected chi connectivity index (χ3v) is 4.97. The molecule has 144 valence electrons. The second-order valence-electron chi connectivity index (χ2n) is 6.73. The Morgan fingerprint density at radius 2 is 2.19 bits per heavy atom. The molecular weight excluding hydrogens is 360 g/mol. The highest BCUT2D eigenvalue weighted by molar-refractivity contribution is 6.33. The molecule has 1 saturated heterocycles. The number of nitrogens with zero attached hydrogens (tertiary/aromatic N) is 4. The van der Waals surface area contributed by atoms with Crippen LogP contribution in [-0.2, 0) is 0 Å². The van der Waals surface area contributed by atoms with Gasteiger partial charge >= 0.3 is 0 Å². The van der Waals surface area contributed by atoms with Gasteiger partial charge in [0.1, 0.15) is 5.82 Å². The maximum absolute atomic E-state index is 6.55. The van der Waals surface area contributed by atoms with E-state index in [9.17, 15) is 0 Å². The molecule has 0 unspecified atom stereocenters. The molecule has 27 heavy (non-hydrogen) atoms. The molecule has 1 aromatic carbocycles. The molecule has 1 aliphatic rings. The average molecular weight is 387 g/mol. The van der Waals surface area contributed by atoms with Gasteiger partial charge in [-0.2, -0.15) is 0 Å². The van der Waals surface area contributed by atoms with Crippen LogP contribution in [0.1, 0.15) is 12.0 Å². The quantitative estimate of drug-likeness (QED) is 0.716. The maximum Gasteiger partial charge on any atom is 0.148 e. The summed E-state index contributed by atoms with van der Waals surface area (Å²) >= 11 is 6.55. The van der Waals surface area contributed by atoms with Crippen LogP contribution in [0.5, 0.6) is 0 Å². The van der Waals surface area contributed by atoms with E-state index in [1.807, 2.05) is 31.4 Å². The van der Waals surface area contributed by atoms with Crippen molar-refractivity contribution in [2.45, 2.75) is 6.42 Å². The van der Waals surface area contributed by atoms with Crippen LogP contribution in [0.3, 0.4) is 0 Å². The number of benzene rings is 1. The first-order valence-electron chi connectivity index (χ1n) is 9.27. The molecular formula is C20H27ClN6. The summed E-state index contributed by atoms with van der Waals surface area (Å²) in [4.78, 5) is 13.3. The molecule has 0 aliphatic carbocycles. The molecule has 2 heterocycles. The number of hydrogen-bond acceptors (Lipinski definition) is 6. The molecule has 0 amide bonds. The van der Waals surface area contributed by atoms with Crippen LogP contribution in [-0.4, -0.2) is 62.9 Å². The van der Waals surface area contributed by atoms with E-state index in [2.05, 4.69) is 32.9 Å². The fourth-order valence-corrected chi connectivity index (χ4v) is 3.50. The Bertz CT molecular complexity index is 829. The van der Waals surface area contributed by atoms with Gasteiger partial charge in [0.15, 0.2) is 0 Å². The molecule has 0 atom stereocenters. The molecule has 0 spiro atoms. The topological polar surface area (TPSA) is 69.8 Å². The molecule has 6 nitrogen and oxygen atoms in total. The largest absolute Gasteiger partial charge is 0.379 e. The first-order valence-corrected chi connectivity index (χ1v) is 9.65. The van der Waals surface area contributed by atoms with Crippen molar-refractivity contribution >= 4 is 40.7 Å². The third-order valence-electron chi connectivity index (χ3n) is 4.69. The monoisotopic (exact) mass is 386 g/mol. The van der Waals surface area contributed by atoms with Crippen LogP contribution in [0.2, 0.25) is 5.02 Å². The fraction of sp³-hybridized carbons (Fsp3) is 0.400. The minimum atomic E-state index is 0.671. The van der Waals surface area contributed by atoms with E-state index in [1.54, 1.807) is 0 Å². The van der Waals surface area contributed by atoms with E-state index in [-0.39, 0.29) is 0 Å². The van der Waals surface area contributed by atoms with Crippen molar-refractivity contribution in [2.24, 2.45) is 10.7 Å². The number of halogens is 1. The molecule has 1 fully saturated rings. The highest BCUT2D eigenvalue weighted by Crippen LogP contribution is 2.30. The summed E-state index contributed by atoms with van der Waals surface area (Å²) in [6.45, 7) is 9.00. The Hall–Kier alpha value is -2.15. The zero-order chi connectivity index (χ0) is 19.2. The van der Waals surface area contributed by atoms with Gasteiger partial charge < -0.3 is 20.9 Å². The molecule has 1 aromatic heterocycles. The lowest BCUT2D eigenvalue weighted by molar-refractivity contribution is 0.448. The maximum atomic E-state index is 6.55. The molecule has 1 aliphatic heterocycles. The van der Waals surface area contributed by atoms with E-state index in [0.717, 1.165) is 67.1 Å². The number of aromatic nitrogens is 1. The van der Waals surface area contributed by atoms with Crippen molar-refractivity contribution in [1.82, 2.24) is 15.2 Å². The normalized spacial score (nSPS) is 15.2. The highest BCUT2D eigenvalue weighted by atomic mass is 35.5. The van der Waals surface area contributed by atoms with E-state index < -0.39 is 0 Å². The number of anilines is 1. The predicted octanol–water partition coefficient (Wildman–Crippen LogP) is 2.58. The van der Waals surface area contributed by atoms with Gasteiger partial charge in [0.25, 0.3) is 0 Å². The summed E-state index contributed by atoms with van der Waals surface area (Å²) in [5.74, 6) is 0.859. The molecule has 0 saturated carbocycles. The van der Waals surface area contributed by atoms with Gasteiger partial charge in [-0.05, 0) is 37.9 Å². The zero-order valence-corrected chi connectivity index (χ0v) is 16.5. The predicted molar refractivity (Wildman–Crippen MR) is 116 cm³/mol. The van der Waals surface area contributed by atoms with Gasteiger partial charge in [0.2, 0.25) is 0 Å². The first-order chi connectivity index (χ1) is 13.1. The Balaban J connectivity index is 1.90. The van der Waals surface area contributed by atoms with Crippen molar-refractivity contribution in [2.75, 3.05) is 51.2 Å². The Labute approximate surface area is 165 Å². The van der Waals surface area contributed by atoms with E-state index >= 15 is 0 Å². The summed E-state index contributed by atoms with van der Waals surface area (Å²) in [6.07, 6.45) is 2.93. The van der Waals surface area contributed by atoms with E-state index in [0.29, 0.717) is 11.6 Å². The Kier molecular flexibility index (Phi) is 6.66. The van der Waals surface area contributed by atoms with Crippen molar-refractivity contribution < 1.29 is 0 Å². The van der Waals surface area contributed by atoms with Crippen LogP contribution in [0, 0.1) is 0 Å². The minimum absolute atomic E-state index is 0.671. The molecule has 0 bridgehead atoms. The zero-order valence-electron chi connectivity index (χ0n) is 15.8. The van der Waals surface area contributed by atoms with Gasteiger partial charge in [0, 0.05) is 56.9 Å². The molecule has 2 aromatic rings.